The number of likely N-dealkylation sites (tertiary alicyclic amines) is 1. The van der Waals surface area contributed by atoms with Gasteiger partial charge in [0.1, 0.15) is 12.6 Å². The highest BCUT2D eigenvalue weighted by Crippen LogP contribution is 2.44. The molecular weight excluding hydrogens is 719 g/mol. The summed E-state index contributed by atoms with van der Waals surface area (Å²) in [4.78, 5) is 59.7. The number of rotatable bonds is 15. The quantitative estimate of drug-likeness (QED) is 0.120. The van der Waals surface area contributed by atoms with Crippen molar-refractivity contribution < 1.29 is 23.9 Å². The summed E-state index contributed by atoms with van der Waals surface area (Å²) in [6.07, 6.45) is 1.51. The predicted molar refractivity (Wildman–Crippen MR) is 214 cm³/mol. The van der Waals surface area contributed by atoms with Crippen molar-refractivity contribution in [1.29, 1.82) is 0 Å². The monoisotopic (exact) mass is 766 g/mol. The van der Waals surface area contributed by atoms with Crippen molar-refractivity contribution in [3.05, 3.63) is 129 Å². The molecule has 0 unspecified atom stereocenters. The molecule has 1 aliphatic heterocycles. The minimum Gasteiger partial charge on any atom is -0.448 e. The number of hydrogen-bond donors (Lipinski definition) is 0. The number of carbonyl (C=O) groups excluding carboxylic acids is 4. The number of halogens is 2. The minimum atomic E-state index is -0.866. The highest BCUT2D eigenvalue weighted by atomic mass is 35.5. The molecule has 1 aliphatic carbocycles. The summed E-state index contributed by atoms with van der Waals surface area (Å²) < 4.78 is 6.04. The average Bonchev–Trinajstić information content (AvgIpc) is 3.72. The summed E-state index contributed by atoms with van der Waals surface area (Å²) in [5.41, 5.74) is 6.33. The molecule has 4 aromatic carbocycles. The molecule has 0 radical (unpaired) electrons. The van der Waals surface area contributed by atoms with E-state index >= 15 is 0 Å². The van der Waals surface area contributed by atoms with Crippen LogP contribution in [0.1, 0.15) is 74.6 Å². The standard InChI is InChI=1S/C45H48Cl2N2O5/c1-29(2)23-41(43(51)22-19-32-18-21-39(46)40(47)25-32)48(27-33(50)20-17-31-11-5-4-6-12-31)44(52)42-24-30(3)26-49(42)45(53)54-28-38-36-15-9-7-13-34(36)35-14-8-10-16-37(35)38/h4-16,18,21,25,29-30,38,41-42H,17,19-20,22-24,26-28H2,1-3H3/t30-,41-,42+/m1/s1. The number of carbonyl (C=O) groups is 4. The van der Waals surface area contributed by atoms with Gasteiger partial charge < -0.3 is 9.64 Å². The number of ketones is 2. The summed E-state index contributed by atoms with van der Waals surface area (Å²) in [5, 5.41) is 0.840. The van der Waals surface area contributed by atoms with Crippen molar-refractivity contribution in [3.63, 3.8) is 0 Å². The van der Waals surface area contributed by atoms with E-state index in [1.807, 2.05) is 81.4 Å². The summed E-state index contributed by atoms with van der Waals surface area (Å²) in [6.45, 7) is 6.25. The van der Waals surface area contributed by atoms with E-state index < -0.39 is 24.1 Å². The number of benzene rings is 4. The molecule has 2 aliphatic rings. The summed E-state index contributed by atoms with van der Waals surface area (Å²) in [5.74, 6) is -0.731. The molecular formula is C45H48Cl2N2O5. The van der Waals surface area contributed by atoms with Crippen molar-refractivity contribution in [2.24, 2.45) is 11.8 Å². The molecule has 0 spiro atoms. The summed E-state index contributed by atoms with van der Waals surface area (Å²) in [6, 6.07) is 29.6. The molecule has 0 bridgehead atoms. The maximum atomic E-state index is 14.8. The van der Waals surface area contributed by atoms with Crippen LogP contribution < -0.4 is 0 Å². The molecule has 1 saturated heterocycles. The number of amides is 2. The number of Topliss-reactive ketones (excluding diaryl/α,β-unsaturated/α-hetero) is 2. The predicted octanol–water partition coefficient (Wildman–Crippen LogP) is 9.60. The fraction of sp³-hybridized carbons (Fsp3) is 0.378. The second-order valence-electron chi connectivity index (χ2n) is 15.2. The van der Waals surface area contributed by atoms with Gasteiger partial charge in [0.2, 0.25) is 5.91 Å². The Labute approximate surface area is 328 Å². The molecule has 6 rings (SSSR count). The Hall–Kier alpha value is -4.46. The van der Waals surface area contributed by atoms with Gasteiger partial charge >= 0.3 is 6.09 Å². The zero-order valence-corrected chi connectivity index (χ0v) is 32.7. The van der Waals surface area contributed by atoms with Gasteiger partial charge in [-0.3, -0.25) is 19.3 Å². The van der Waals surface area contributed by atoms with E-state index in [0.717, 1.165) is 33.4 Å². The largest absolute Gasteiger partial charge is 0.448 e. The first kappa shape index (κ1) is 39.2. The van der Waals surface area contributed by atoms with E-state index in [4.69, 9.17) is 27.9 Å². The molecule has 0 aromatic heterocycles. The van der Waals surface area contributed by atoms with Crippen LogP contribution >= 0.6 is 23.2 Å². The Kier molecular flexibility index (Phi) is 12.9. The lowest BCUT2D eigenvalue weighted by atomic mass is 9.93. The van der Waals surface area contributed by atoms with Crippen LogP contribution in [0.2, 0.25) is 10.0 Å². The molecule has 0 N–H and O–H groups in total. The molecule has 54 heavy (non-hydrogen) atoms. The Balaban J connectivity index is 1.23. The molecule has 9 heteroatoms. The van der Waals surface area contributed by atoms with Gasteiger partial charge in [-0.15, -0.1) is 0 Å². The molecule has 3 atom stereocenters. The first-order chi connectivity index (χ1) is 26.0. The van der Waals surface area contributed by atoms with Gasteiger partial charge in [-0.2, -0.15) is 0 Å². The van der Waals surface area contributed by atoms with E-state index in [1.54, 1.807) is 12.1 Å². The Morgan fingerprint density at radius 1 is 0.796 bits per heavy atom. The second-order valence-corrected chi connectivity index (χ2v) is 16.0. The fourth-order valence-electron chi connectivity index (χ4n) is 7.90. The smallest absolute Gasteiger partial charge is 0.410 e. The van der Waals surface area contributed by atoms with Gasteiger partial charge in [0.25, 0.3) is 0 Å². The first-order valence-corrected chi connectivity index (χ1v) is 19.7. The lowest BCUT2D eigenvalue weighted by molar-refractivity contribution is -0.146. The van der Waals surface area contributed by atoms with E-state index in [-0.39, 0.29) is 55.3 Å². The minimum absolute atomic E-state index is 0.0176. The second kappa shape index (κ2) is 17.8. The molecule has 1 fully saturated rings. The lowest BCUT2D eigenvalue weighted by Gasteiger charge is -2.35. The number of aryl methyl sites for hydroxylation is 2. The van der Waals surface area contributed by atoms with Gasteiger partial charge in [0.15, 0.2) is 11.6 Å². The van der Waals surface area contributed by atoms with Crippen molar-refractivity contribution in [2.75, 3.05) is 19.7 Å². The van der Waals surface area contributed by atoms with Crippen LogP contribution in [0.3, 0.4) is 0 Å². The highest BCUT2D eigenvalue weighted by Gasteiger charge is 2.44. The zero-order valence-electron chi connectivity index (χ0n) is 31.2. The third-order valence-corrected chi connectivity index (χ3v) is 11.4. The van der Waals surface area contributed by atoms with Crippen LogP contribution in [-0.4, -0.2) is 65.1 Å². The Bertz CT molecular complexity index is 1940. The van der Waals surface area contributed by atoms with Crippen LogP contribution in [0.5, 0.6) is 0 Å². The number of ether oxygens (including phenoxy) is 1. The van der Waals surface area contributed by atoms with Gasteiger partial charge in [-0.05, 0) is 83.0 Å². The topological polar surface area (TPSA) is 84.0 Å². The van der Waals surface area contributed by atoms with Gasteiger partial charge in [0, 0.05) is 25.3 Å². The lowest BCUT2D eigenvalue weighted by Crippen LogP contribution is -2.55. The van der Waals surface area contributed by atoms with E-state index in [1.165, 1.54) is 9.80 Å². The van der Waals surface area contributed by atoms with Crippen LogP contribution in [0.25, 0.3) is 11.1 Å². The van der Waals surface area contributed by atoms with Crippen LogP contribution in [0.4, 0.5) is 4.79 Å². The van der Waals surface area contributed by atoms with E-state index in [0.29, 0.717) is 42.3 Å². The third kappa shape index (κ3) is 9.24. The van der Waals surface area contributed by atoms with E-state index in [9.17, 15) is 19.2 Å². The van der Waals surface area contributed by atoms with Crippen molar-refractivity contribution >= 4 is 46.8 Å². The van der Waals surface area contributed by atoms with Gasteiger partial charge in [-0.1, -0.05) is 129 Å². The first-order valence-electron chi connectivity index (χ1n) is 18.9. The molecule has 2 amide bonds. The van der Waals surface area contributed by atoms with Crippen molar-refractivity contribution in [2.45, 2.75) is 77.3 Å². The molecule has 1 heterocycles. The van der Waals surface area contributed by atoms with E-state index in [2.05, 4.69) is 24.3 Å². The fourth-order valence-corrected chi connectivity index (χ4v) is 8.22. The van der Waals surface area contributed by atoms with Crippen LogP contribution in [0.15, 0.2) is 97.1 Å². The summed E-state index contributed by atoms with van der Waals surface area (Å²) in [7, 11) is 0. The van der Waals surface area contributed by atoms with Crippen LogP contribution in [0, 0.1) is 11.8 Å². The number of fused-ring (bicyclic) bond motifs is 3. The SMILES string of the molecule is CC(C)C[C@H](C(=O)CCc1ccc(Cl)c(Cl)c1)N(CC(=O)CCc1ccccc1)C(=O)[C@@H]1C[C@@H](C)CN1C(=O)OCC1c2ccccc2-c2ccccc21. The number of hydrogen-bond acceptors (Lipinski definition) is 5. The molecule has 0 saturated carbocycles. The average molecular weight is 768 g/mol. The highest BCUT2D eigenvalue weighted by molar-refractivity contribution is 6.42. The van der Waals surface area contributed by atoms with Crippen LogP contribution in [-0.2, 0) is 32.0 Å². The maximum absolute atomic E-state index is 14.8. The Morgan fingerprint density at radius 2 is 1.43 bits per heavy atom. The van der Waals surface area contributed by atoms with Crippen molar-refractivity contribution in [1.82, 2.24) is 9.80 Å². The van der Waals surface area contributed by atoms with Gasteiger partial charge in [-0.25, -0.2) is 4.79 Å². The number of nitrogens with zero attached hydrogens (tertiary/aromatic N) is 2. The third-order valence-electron chi connectivity index (χ3n) is 10.6. The summed E-state index contributed by atoms with van der Waals surface area (Å²) >= 11 is 12.4. The van der Waals surface area contributed by atoms with Gasteiger partial charge in [0.05, 0.1) is 22.6 Å². The zero-order chi connectivity index (χ0) is 38.4. The normalized spacial score (nSPS) is 16.9. The molecule has 4 aromatic rings. The molecule has 282 valence electrons. The maximum Gasteiger partial charge on any atom is 0.410 e. The molecule has 7 nitrogen and oxygen atoms in total. The van der Waals surface area contributed by atoms with Crippen molar-refractivity contribution in [3.8, 4) is 11.1 Å². The Morgan fingerprint density at radius 3 is 2.07 bits per heavy atom.